The highest BCUT2D eigenvalue weighted by Gasteiger charge is 2.15. The fraction of sp³-hybridized carbons (Fsp3) is 0.235. The lowest BCUT2D eigenvalue weighted by Gasteiger charge is -2.20. The first-order valence-electron chi connectivity index (χ1n) is 6.78. The summed E-state index contributed by atoms with van der Waals surface area (Å²) in [6.45, 7) is 9.35. The predicted octanol–water partition coefficient (Wildman–Crippen LogP) is 3.84. The number of carbonyl (C=O) groups is 1. The van der Waals surface area contributed by atoms with Crippen LogP contribution in [0.4, 0.5) is 4.79 Å². The van der Waals surface area contributed by atoms with Gasteiger partial charge in [0.1, 0.15) is 5.60 Å². The second-order valence-corrected chi connectivity index (χ2v) is 5.79. The molecule has 2 aromatic carbocycles. The smallest absolute Gasteiger partial charge is 0.426 e. The Balaban J connectivity index is 2.00. The van der Waals surface area contributed by atoms with E-state index in [4.69, 9.17) is 4.74 Å². The van der Waals surface area contributed by atoms with Crippen LogP contribution in [0.15, 0.2) is 49.0 Å². The number of hydrogen-bond acceptors (Lipinski definition) is 3. The lowest BCUT2D eigenvalue weighted by Crippen LogP contribution is -2.40. The number of fused-ring (bicyclic) bond motifs is 1. The molecule has 2 N–H and O–H groups in total. The molecule has 4 heteroatoms. The van der Waals surface area contributed by atoms with Gasteiger partial charge in [-0.15, -0.1) is 0 Å². The predicted molar refractivity (Wildman–Crippen MR) is 85.5 cm³/mol. The van der Waals surface area contributed by atoms with Gasteiger partial charge in [0.05, 0.1) is 5.70 Å². The Labute approximate surface area is 124 Å². The summed E-state index contributed by atoms with van der Waals surface area (Å²) in [5.41, 5.74) is 6.22. The van der Waals surface area contributed by atoms with E-state index in [2.05, 4.69) is 17.4 Å². The van der Waals surface area contributed by atoms with Crippen molar-refractivity contribution >= 4 is 22.6 Å². The van der Waals surface area contributed by atoms with Gasteiger partial charge in [-0.05, 0) is 43.2 Å². The minimum atomic E-state index is -0.538. The standard InChI is InChI=1S/C17H20N2O2/c1-12(18-19-16(20)21-17(2,3)4)14-10-9-13-7-5-6-8-15(13)11-14/h5-11,18H,1H2,2-4H3,(H,19,20). The zero-order chi connectivity index (χ0) is 15.5. The molecule has 0 aliphatic heterocycles. The van der Waals surface area contributed by atoms with E-state index in [9.17, 15) is 4.79 Å². The van der Waals surface area contributed by atoms with Crippen molar-refractivity contribution < 1.29 is 9.53 Å². The average Bonchev–Trinajstić information content (AvgIpc) is 2.42. The van der Waals surface area contributed by atoms with E-state index < -0.39 is 11.7 Å². The van der Waals surface area contributed by atoms with Gasteiger partial charge in [0.25, 0.3) is 0 Å². The van der Waals surface area contributed by atoms with Gasteiger partial charge in [0.2, 0.25) is 0 Å². The van der Waals surface area contributed by atoms with Crippen LogP contribution < -0.4 is 10.9 Å². The number of hydrazine groups is 1. The third-order valence-electron chi connectivity index (χ3n) is 2.81. The first-order valence-corrected chi connectivity index (χ1v) is 6.78. The van der Waals surface area contributed by atoms with Crippen LogP contribution in [0, 0.1) is 0 Å². The van der Waals surface area contributed by atoms with Gasteiger partial charge < -0.3 is 4.74 Å². The molecule has 0 aromatic heterocycles. The molecule has 2 aromatic rings. The van der Waals surface area contributed by atoms with E-state index >= 15 is 0 Å². The van der Waals surface area contributed by atoms with Crippen LogP contribution in [0.1, 0.15) is 26.3 Å². The van der Waals surface area contributed by atoms with Gasteiger partial charge >= 0.3 is 6.09 Å². The van der Waals surface area contributed by atoms with E-state index in [0.29, 0.717) is 5.70 Å². The molecular formula is C17H20N2O2. The molecule has 0 radical (unpaired) electrons. The monoisotopic (exact) mass is 284 g/mol. The molecule has 0 spiro atoms. The number of carbonyl (C=O) groups excluding carboxylic acids is 1. The van der Waals surface area contributed by atoms with Crippen LogP contribution in [-0.2, 0) is 4.74 Å². The third kappa shape index (κ3) is 4.24. The summed E-state index contributed by atoms with van der Waals surface area (Å²) < 4.78 is 5.14. The van der Waals surface area contributed by atoms with Gasteiger partial charge in [-0.1, -0.05) is 43.0 Å². The summed E-state index contributed by atoms with van der Waals surface area (Å²) in [6, 6.07) is 14.1. The Morgan fingerprint density at radius 2 is 1.71 bits per heavy atom. The number of ether oxygens (including phenoxy) is 1. The van der Waals surface area contributed by atoms with Gasteiger partial charge in [0, 0.05) is 0 Å². The van der Waals surface area contributed by atoms with Crippen molar-refractivity contribution in [2.45, 2.75) is 26.4 Å². The Morgan fingerprint density at radius 1 is 1.05 bits per heavy atom. The highest BCUT2D eigenvalue weighted by Crippen LogP contribution is 2.18. The van der Waals surface area contributed by atoms with E-state index in [1.54, 1.807) is 0 Å². The van der Waals surface area contributed by atoms with Crippen molar-refractivity contribution in [2.75, 3.05) is 0 Å². The highest BCUT2D eigenvalue weighted by atomic mass is 16.6. The molecule has 0 heterocycles. The van der Waals surface area contributed by atoms with Crippen LogP contribution >= 0.6 is 0 Å². The fourth-order valence-corrected chi connectivity index (χ4v) is 1.88. The molecule has 0 unspecified atom stereocenters. The Bertz CT molecular complexity index is 672. The zero-order valence-electron chi connectivity index (χ0n) is 12.6. The molecule has 0 aliphatic carbocycles. The maximum Gasteiger partial charge on any atom is 0.426 e. The lowest BCUT2D eigenvalue weighted by molar-refractivity contribution is 0.0511. The molecule has 2 rings (SSSR count). The summed E-state index contributed by atoms with van der Waals surface area (Å²) in [7, 11) is 0. The zero-order valence-corrected chi connectivity index (χ0v) is 12.6. The van der Waals surface area contributed by atoms with E-state index in [1.165, 1.54) is 0 Å². The maximum atomic E-state index is 11.6. The van der Waals surface area contributed by atoms with Crippen LogP contribution in [-0.4, -0.2) is 11.7 Å². The molecule has 0 atom stereocenters. The highest BCUT2D eigenvalue weighted by molar-refractivity contribution is 5.86. The Kier molecular flexibility index (Phi) is 4.17. The molecule has 0 saturated heterocycles. The molecule has 0 bridgehead atoms. The van der Waals surface area contributed by atoms with Crippen LogP contribution in [0.2, 0.25) is 0 Å². The van der Waals surface area contributed by atoms with Crippen molar-refractivity contribution in [1.29, 1.82) is 0 Å². The first-order chi connectivity index (χ1) is 9.85. The van der Waals surface area contributed by atoms with Gasteiger partial charge in [0.15, 0.2) is 0 Å². The summed E-state index contributed by atoms with van der Waals surface area (Å²) in [5, 5.41) is 2.28. The molecule has 0 aliphatic rings. The van der Waals surface area contributed by atoms with Gasteiger partial charge in [-0.2, -0.15) is 0 Å². The second-order valence-electron chi connectivity index (χ2n) is 5.79. The second kappa shape index (κ2) is 5.87. The summed E-state index contributed by atoms with van der Waals surface area (Å²) in [6.07, 6.45) is -0.538. The minimum Gasteiger partial charge on any atom is -0.443 e. The van der Waals surface area contributed by atoms with Crippen molar-refractivity contribution in [3.8, 4) is 0 Å². The van der Waals surface area contributed by atoms with E-state index in [1.807, 2.05) is 63.2 Å². The van der Waals surface area contributed by atoms with Crippen molar-refractivity contribution in [3.63, 3.8) is 0 Å². The fourth-order valence-electron chi connectivity index (χ4n) is 1.88. The van der Waals surface area contributed by atoms with Crippen molar-refractivity contribution in [2.24, 2.45) is 0 Å². The van der Waals surface area contributed by atoms with Gasteiger partial charge in [-0.25, -0.2) is 10.2 Å². The SMILES string of the molecule is C=C(NNC(=O)OC(C)(C)C)c1ccc2ccccc2c1. The molecule has 110 valence electrons. The molecule has 4 nitrogen and oxygen atoms in total. The van der Waals surface area contributed by atoms with E-state index in [-0.39, 0.29) is 0 Å². The number of rotatable bonds is 3. The average molecular weight is 284 g/mol. The normalized spacial score (nSPS) is 11.0. The number of amides is 1. The van der Waals surface area contributed by atoms with E-state index in [0.717, 1.165) is 16.3 Å². The maximum absolute atomic E-state index is 11.6. The quantitative estimate of drug-likeness (QED) is 0.842. The molecule has 21 heavy (non-hydrogen) atoms. The Hall–Kier alpha value is -2.49. The molecule has 0 saturated carbocycles. The first kappa shape index (κ1) is 14.9. The summed E-state index contributed by atoms with van der Waals surface area (Å²) >= 11 is 0. The largest absolute Gasteiger partial charge is 0.443 e. The Morgan fingerprint density at radius 3 is 2.38 bits per heavy atom. The number of nitrogens with one attached hydrogen (secondary N) is 2. The third-order valence-corrected chi connectivity index (χ3v) is 2.81. The van der Waals surface area contributed by atoms with Crippen LogP contribution in [0.5, 0.6) is 0 Å². The number of benzene rings is 2. The molecule has 0 fully saturated rings. The molecule has 1 amide bonds. The number of hydrogen-bond donors (Lipinski definition) is 2. The molecular weight excluding hydrogens is 264 g/mol. The topological polar surface area (TPSA) is 50.4 Å². The van der Waals surface area contributed by atoms with Crippen LogP contribution in [0.3, 0.4) is 0 Å². The van der Waals surface area contributed by atoms with Crippen molar-refractivity contribution in [3.05, 3.63) is 54.6 Å². The summed E-state index contributed by atoms with van der Waals surface area (Å²) in [4.78, 5) is 11.6. The van der Waals surface area contributed by atoms with Crippen LogP contribution in [0.25, 0.3) is 16.5 Å². The summed E-state index contributed by atoms with van der Waals surface area (Å²) in [5.74, 6) is 0. The minimum absolute atomic E-state index is 0.532. The van der Waals surface area contributed by atoms with Gasteiger partial charge in [-0.3, -0.25) is 5.43 Å². The lowest BCUT2D eigenvalue weighted by atomic mass is 10.1. The van der Waals surface area contributed by atoms with Crippen molar-refractivity contribution in [1.82, 2.24) is 10.9 Å².